The van der Waals surface area contributed by atoms with Gasteiger partial charge in [-0.2, -0.15) is 0 Å². The minimum Gasteiger partial charge on any atom is -0.321 e. The maximum atomic E-state index is 12.7. The second-order valence-corrected chi connectivity index (χ2v) is 9.98. The fourth-order valence-corrected chi connectivity index (χ4v) is 4.86. The van der Waals surface area contributed by atoms with Gasteiger partial charge in [0.15, 0.2) is 0 Å². The zero-order chi connectivity index (χ0) is 18.5. The molecule has 6 nitrogen and oxygen atoms in total. The van der Waals surface area contributed by atoms with Crippen LogP contribution in [0.3, 0.4) is 0 Å². The van der Waals surface area contributed by atoms with E-state index >= 15 is 0 Å². The highest BCUT2D eigenvalue weighted by Crippen LogP contribution is 2.68. The summed E-state index contributed by atoms with van der Waals surface area (Å²) in [4.78, 5) is 18.5. The van der Waals surface area contributed by atoms with Crippen molar-refractivity contribution >= 4 is 15.2 Å². The topological polar surface area (TPSA) is 93.1 Å². The van der Waals surface area contributed by atoms with Crippen molar-refractivity contribution in [3.8, 4) is 0 Å². The van der Waals surface area contributed by atoms with Crippen molar-refractivity contribution in [3.05, 3.63) is 11.6 Å². The van der Waals surface area contributed by atoms with Crippen LogP contribution in [0.15, 0.2) is 11.6 Å². The number of unbranched alkanes of at least 4 members (excludes halogenated alkanes) is 8. The SMILES string of the molecule is C=C(P(=O)(O)O)P(=O)(OCCCCCCC)OCCCCCCC. The van der Waals surface area contributed by atoms with Crippen molar-refractivity contribution in [2.75, 3.05) is 13.2 Å². The molecule has 0 aromatic carbocycles. The first-order chi connectivity index (χ1) is 11.3. The third-order valence-electron chi connectivity index (χ3n) is 3.67. The van der Waals surface area contributed by atoms with Crippen molar-refractivity contribution in [2.24, 2.45) is 0 Å². The van der Waals surface area contributed by atoms with E-state index in [4.69, 9.17) is 9.05 Å². The van der Waals surface area contributed by atoms with Gasteiger partial charge in [-0.15, -0.1) is 0 Å². The summed E-state index contributed by atoms with van der Waals surface area (Å²) in [6, 6.07) is 0. The lowest BCUT2D eigenvalue weighted by atomic mass is 10.2. The smallest absolute Gasteiger partial charge is 0.321 e. The van der Waals surface area contributed by atoms with E-state index < -0.39 is 20.2 Å². The predicted molar refractivity (Wildman–Crippen MR) is 98.2 cm³/mol. The Morgan fingerprint density at radius 3 is 1.50 bits per heavy atom. The number of hydrogen-bond acceptors (Lipinski definition) is 4. The molecule has 0 amide bonds. The van der Waals surface area contributed by atoms with Crippen LogP contribution < -0.4 is 0 Å². The average Bonchev–Trinajstić information content (AvgIpc) is 2.52. The minimum absolute atomic E-state index is 0.149. The Morgan fingerprint density at radius 2 is 1.17 bits per heavy atom. The molecule has 0 rings (SSSR count). The molecule has 0 saturated carbocycles. The van der Waals surface area contributed by atoms with E-state index in [1.165, 1.54) is 0 Å². The van der Waals surface area contributed by atoms with Gasteiger partial charge >= 0.3 is 15.2 Å². The molecule has 0 heterocycles. The molecule has 8 heteroatoms. The van der Waals surface area contributed by atoms with E-state index in [-0.39, 0.29) is 13.2 Å². The molecule has 0 radical (unpaired) electrons. The van der Waals surface area contributed by atoms with Gasteiger partial charge in [0.1, 0.15) is 5.06 Å². The highest BCUT2D eigenvalue weighted by molar-refractivity contribution is 7.77. The zero-order valence-electron chi connectivity index (χ0n) is 15.1. The summed E-state index contributed by atoms with van der Waals surface area (Å²) < 4.78 is 34.6. The molecular weight excluding hydrogens is 350 g/mol. The lowest BCUT2D eigenvalue weighted by Gasteiger charge is -2.21. The molecule has 0 spiro atoms. The minimum atomic E-state index is -4.72. The molecule has 0 saturated heterocycles. The summed E-state index contributed by atoms with van der Waals surface area (Å²) in [5.41, 5.74) is 0. The van der Waals surface area contributed by atoms with Gasteiger partial charge < -0.3 is 18.8 Å². The Bertz CT molecular complexity index is 412. The summed E-state index contributed by atoms with van der Waals surface area (Å²) in [6.07, 6.45) is 9.81. The first-order valence-electron chi connectivity index (χ1n) is 8.92. The van der Waals surface area contributed by atoms with Crippen LogP contribution in [0.5, 0.6) is 0 Å². The number of hydrogen-bond donors (Lipinski definition) is 2. The molecule has 0 atom stereocenters. The van der Waals surface area contributed by atoms with Crippen LogP contribution in [0.4, 0.5) is 0 Å². The maximum Gasteiger partial charge on any atom is 0.368 e. The van der Waals surface area contributed by atoms with Crippen LogP contribution in [-0.4, -0.2) is 23.0 Å². The van der Waals surface area contributed by atoms with E-state index in [1.807, 2.05) is 0 Å². The van der Waals surface area contributed by atoms with Gasteiger partial charge in [-0.05, 0) is 12.8 Å². The van der Waals surface area contributed by atoms with Crippen molar-refractivity contribution in [2.45, 2.75) is 78.1 Å². The van der Waals surface area contributed by atoms with Crippen LogP contribution in [0, 0.1) is 0 Å². The van der Waals surface area contributed by atoms with Crippen LogP contribution >= 0.6 is 15.2 Å². The van der Waals surface area contributed by atoms with Gasteiger partial charge in [0, 0.05) is 0 Å². The summed E-state index contributed by atoms with van der Waals surface area (Å²) >= 11 is 0. The second kappa shape index (κ2) is 13.3. The van der Waals surface area contributed by atoms with E-state index in [1.54, 1.807) is 0 Å². The monoisotopic (exact) mass is 384 g/mol. The van der Waals surface area contributed by atoms with Crippen LogP contribution in [0.25, 0.3) is 0 Å². The molecule has 0 aliphatic rings. The predicted octanol–water partition coefficient (Wildman–Crippen LogP) is 5.80. The molecule has 144 valence electrons. The molecule has 0 aromatic heterocycles. The molecule has 0 aliphatic carbocycles. The summed E-state index contributed by atoms with van der Waals surface area (Å²) in [6.45, 7) is 7.80. The Hall–Kier alpha value is 0.0400. The first kappa shape index (κ1) is 24.0. The van der Waals surface area contributed by atoms with E-state index in [9.17, 15) is 18.9 Å². The number of rotatable bonds is 16. The van der Waals surface area contributed by atoms with Gasteiger partial charge in [-0.25, -0.2) is 0 Å². The molecule has 0 aliphatic heterocycles. The zero-order valence-corrected chi connectivity index (χ0v) is 16.9. The first-order valence-corrected chi connectivity index (χ1v) is 12.1. The van der Waals surface area contributed by atoms with Crippen LogP contribution in [0.1, 0.15) is 78.1 Å². The molecule has 0 aromatic rings. The van der Waals surface area contributed by atoms with Gasteiger partial charge in [0.05, 0.1) is 13.2 Å². The Balaban J connectivity index is 4.43. The van der Waals surface area contributed by atoms with Gasteiger partial charge in [0.2, 0.25) is 0 Å². The molecule has 2 N–H and O–H groups in total. The van der Waals surface area contributed by atoms with Crippen molar-refractivity contribution in [1.82, 2.24) is 0 Å². The highest BCUT2D eigenvalue weighted by Gasteiger charge is 2.39. The van der Waals surface area contributed by atoms with Crippen LogP contribution in [-0.2, 0) is 18.2 Å². The van der Waals surface area contributed by atoms with Gasteiger partial charge in [0.25, 0.3) is 0 Å². The third-order valence-corrected chi connectivity index (χ3v) is 7.54. The normalized spacial score (nSPS) is 12.5. The molecule has 0 fully saturated rings. The van der Waals surface area contributed by atoms with Gasteiger partial charge in [-0.1, -0.05) is 71.8 Å². The van der Waals surface area contributed by atoms with Gasteiger partial charge in [-0.3, -0.25) is 9.13 Å². The third kappa shape index (κ3) is 10.8. The van der Waals surface area contributed by atoms with Crippen molar-refractivity contribution in [3.63, 3.8) is 0 Å². The highest BCUT2D eigenvalue weighted by atomic mass is 31.2. The second-order valence-electron chi connectivity index (χ2n) is 5.95. The lowest BCUT2D eigenvalue weighted by Crippen LogP contribution is -2.02. The van der Waals surface area contributed by atoms with E-state index in [2.05, 4.69) is 20.4 Å². The summed E-state index contributed by atoms with van der Waals surface area (Å²) in [5, 5.41) is -0.739. The van der Waals surface area contributed by atoms with Crippen LogP contribution in [0.2, 0.25) is 0 Å². The maximum absolute atomic E-state index is 12.7. The standard InChI is InChI=1S/C16H34O6P2/c1-4-6-8-10-12-14-21-24(20,16(3)23(17,18)19)22-15-13-11-9-7-5-2/h3-15H2,1-2H3,(H2,17,18,19). The largest absolute Gasteiger partial charge is 0.368 e. The summed E-state index contributed by atoms with van der Waals surface area (Å²) in [7, 11) is -8.72. The van der Waals surface area contributed by atoms with E-state index in [0.29, 0.717) is 12.8 Å². The van der Waals surface area contributed by atoms with E-state index in [0.717, 1.165) is 51.4 Å². The average molecular weight is 384 g/mol. The Kier molecular flexibility index (Phi) is 13.3. The fraction of sp³-hybridized carbons (Fsp3) is 0.875. The Morgan fingerprint density at radius 1 is 0.792 bits per heavy atom. The molecule has 24 heavy (non-hydrogen) atoms. The molecular formula is C16H34O6P2. The fourth-order valence-electron chi connectivity index (χ4n) is 2.13. The summed E-state index contributed by atoms with van der Waals surface area (Å²) in [5.74, 6) is 0. The molecule has 0 bridgehead atoms. The van der Waals surface area contributed by atoms with Crippen molar-refractivity contribution in [1.29, 1.82) is 0 Å². The molecule has 0 unspecified atom stereocenters. The Labute approximate surface area is 146 Å². The lowest BCUT2D eigenvalue weighted by molar-refractivity contribution is 0.203. The van der Waals surface area contributed by atoms with Crippen molar-refractivity contribution < 1.29 is 28.0 Å². The quantitative estimate of drug-likeness (QED) is 0.258.